The largest absolute Gasteiger partial charge is 0.481 e. The lowest BCUT2D eigenvalue weighted by atomic mass is 10.2. The number of sulfonamides is 1. The highest BCUT2D eigenvalue weighted by molar-refractivity contribution is 7.92. The molecule has 7 nitrogen and oxygen atoms in total. The lowest BCUT2D eigenvalue weighted by molar-refractivity contribution is -0.127. The van der Waals surface area contributed by atoms with Crippen molar-refractivity contribution in [2.45, 2.75) is 25.9 Å². The van der Waals surface area contributed by atoms with Crippen LogP contribution in [-0.4, -0.2) is 53.4 Å². The van der Waals surface area contributed by atoms with E-state index in [-0.39, 0.29) is 5.91 Å². The first-order chi connectivity index (χ1) is 14.3. The van der Waals surface area contributed by atoms with Crippen LogP contribution in [0.4, 0.5) is 11.4 Å². The van der Waals surface area contributed by atoms with Crippen LogP contribution < -0.4 is 19.3 Å². The number of hydrogen-bond acceptors (Lipinski definition) is 5. The number of nitrogens with one attached hydrogen (secondary N) is 1. The molecule has 0 fully saturated rings. The predicted octanol–water partition coefficient (Wildman–Crippen LogP) is 2.42. The van der Waals surface area contributed by atoms with E-state index in [0.717, 1.165) is 32.2 Å². The van der Waals surface area contributed by atoms with Crippen molar-refractivity contribution in [2.75, 3.05) is 42.1 Å². The van der Waals surface area contributed by atoms with E-state index >= 15 is 0 Å². The molecule has 1 atom stereocenters. The van der Waals surface area contributed by atoms with Crippen LogP contribution in [0.25, 0.3) is 0 Å². The van der Waals surface area contributed by atoms with Gasteiger partial charge in [-0.05, 0) is 55.7 Å². The Kier molecular flexibility index (Phi) is 6.87. The fraction of sp³-hybridized carbons (Fsp3) is 0.409. The summed E-state index contributed by atoms with van der Waals surface area (Å²) in [4.78, 5) is 14.7. The Bertz CT molecular complexity index is 976. The molecule has 0 radical (unpaired) electrons. The molecule has 1 amide bonds. The molecule has 0 saturated carbocycles. The molecule has 162 valence electrons. The van der Waals surface area contributed by atoms with Gasteiger partial charge in [0.1, 0.15) is 5.75 Å². The maximum Gasteiger partial charge on any atom is 0.260 e. The molecule has 0 aliphatic carbocycles. The summed E-state index contributed by atoms with van der Waals surface area (Å²) in [6.45, 7) is 4.21. The highest BCUT2D eigenvalue weighted by Gasteiger charge is 2.18. The fourth-order valence-electron chi connectivity index (χ4n) is 3.45. The van der Waals surface area contributed by atoms with Gasteiger partial charge in [0.15, 0.2) is 6.10 Å². The number of amides is 1. The number of carbonyl (C=O) groups is 1. The molecular weight excluding hydrogens is 402 g/mol. The summed E-state index contributed by atoms with van der Waals surface area (Å²) < 4.78 is 30.1. The van der Waals surface area contributed by atoms with Crippen LogP contribution in [0, 0.1) is 0 Å². The van der Waals surface area contributed by atoms with Crippen LogP contribution in [-0.2, 0) is 21.2 Å². The monoisotopic (exact) mass is 431 g/mol. The number of hydrogen-bond donors (Lipinski definition) is 1. The Morgan fingerprint density at radius 1 is 1.20 bits per heavy atom. The third-order valence-electron chi connectivity index (χ3n) is 5.27. The van der Waals surface area contributed by atoms with Crippen LogP contribution in [0.5, 0.6) is 5.75 Å². The predicted molar refractivity (Wildman–Crippen MR) is 120 cm³/mol. The van der Waals surface area contributed by atoms with Crippen molar-refractivity contribution in [3.05, 3.63) is 54.1 Å². The molecule has 1 N–H and O–H groups in total. The Hall–Kier alpha value is -2.74. The molecule has 1 aliphatic rings. The molecule has 30 heavy (non-hydrogen) atoms. The van der Waals surface area contributed by atoms with E-state index in [1.54, 1.807) is 31.2 Å². The van der Waals surface area contributed by atoms with Crippen LogP contribution in [0.3, 0.4) is 0 Å². The Morgan fingerprint density at radius 3 is 2.60 bits per heavy atom. The van der Waals surface area contributed by atoms with E-state index < -0.39 is 16.1 Å². The number of fused-ring (bicyclic) bond motifs is 1. The Morgan fingerprint density at radius 2 is 1.90 bits per heavy atom. The lowest BCUT2D eigenvalue weighted by Crippen LogP contribution is -2.37. The first kappa shape index (κ1) is 22.0. The topological polar surface area (TPSA) is 78.9 Å². The van der Waals surface area contributed by atoms with Gasteiger partial charge in [-0.2, -0.15) is 0 Å². The smallest absolute Gasteiger partial charge is 0.260 e. The van der Waals surface area contributed by atoms with Gasteiger partial charge >= 0.3 is 0 Å². The summed E-state index contributed by atoms with van der Waals surface area (Å²) >= 11 is 0. The van der Waals surface area contributed by atoms with E-state index in [4.69, 9.17) is 4.74 Å². The van der Waals surface area contributed by atoms with Crippen molar-refractivity contribution in [1.82, 2.24) is 5.32 Å². The number of benzene rings is 2. The second-order valence-corrected chi connectivity index (χ2v) is 9.51. The van der Waals surface area contributed by atoms with E-state index in [9.17, 15) is 13.2 Å². The third kappa shape index (κ3) is 5.44. The van der Waals surface area contributed by atoms with Crippen molar-refractivity contribution in [3.63, 3.8) is 0 Å². The van der Waals surface area contributed by atoms with Crippen molar-refractivity contribution < 1.29 is 17.9 Å². The third-order valence-corrected chi connectivity index (χ3v) is 6.47. The number of rotatable bonds is 9. The van der Waals surface area contributed by atoms with Crippen LogP contribution in [0.1, 0.15) is 18.9 Å². The van der Waals surface area contributed by atoms with E-state index in [2.05, 4.69) is 34.5 Å². The van der Waals surface area contributed by atoms with E-state index in [0.29, 0.717) is 18.0 Å². The normalized spacial score (nSPS) is 14.2. The van der Waals surface area contributed by atoms with Gasteiger partial charge in [0.2, 0.25) is 10.0 Å². The first-order valence-corrected chi connectivity index (χ1v) is 11.9. The van der Waals surface area contributed by atoms with Crippen molar-refractivity contribution >= 4 is 27.3 Å². The zero-order valence-electron chi connectivity index (χ0n) is 17.7. The quantitative estimate of drug-likeness (QED) is 0.617. The fourth-order valence-corrected chi connectivity index (χ4v) is 3.95. The minimum absolute atomic E-state index is 0.172. The molecule has 8 heteroatoms. The summed E-state index contributed by atoms with van der Waals surface area (Å²) in [6, 6.07) is 15.1. The Labute approximate surface area is 178 Å². The van der Waals surface area contributed by atoms with Crippen LogP contribution in [0.2, 0.25) is 0 Å². The lowest BCUT2D eigenvalue weighted by Gasteiger charge is -2.20. The second kappa shape index (κ2) is 9.38. The molecule has 0 saturated heterocycles. The van der Waals surface area contributed by atoms with Crippen molar-refractivity contribution in [1.29, 1.82) is 0 Å². The highest BCUT2D eigenvalue weighted by atomic mass is 32.2. The van der Waals surface area contributed by atoms with Crippen molar-refractivity contribution in [2.24, 2.45) is 0 Å². The first-order valence-electron chi connectivity index (χ1n) is 10.1. The summed E-state index contributed by atoms with van der Waals surface area (Å²) in [7, 11) is -1.83. The molecular formula is C22H29N3O4S. The maximum absolute atomic E-state index is 12.3. The number of ether oxygens (including phenoxy) is 1. The summed E-state index contributed by atoms with van der Waals surface area (Å²) in [5, 5.41) is 2.92. The standard InChI is InChI=1S/C22H29N3O4S/c1-17(29-20-11-9-19(10-12-20)24(2)30(3,27)28)22(26)23-14-6-15-25-16-13-18-7-4-5-8-21(18)25/h4-5,7-12,17H,6,13-16H2,1-3H3,(H,23,26). The molecule has 3 rings (SSSR count). The zero-order valence-corrected chi connectivity index (χ0v) is 18.5. The van der Waals surface area contributed by atoms with E-state index in [1.807, 2.05) is 0 Å². The second-order valence-electron chi connectivity index (χ2n) is 7.49. The van der Waals surface area contributed by atoms with Crippen molar-refractivity contribution in [3.8, 4) is 5.75 Å². The molecule has 0 spiro atoms. The molecule has 2 aromatic carbocycles. The van der Waals surface area contributed by atoms with Gasteiger partial charge in [-0.15, -0.1) is 0 Å². The van der Waals surface area contributed by atoms with Gasteiger partial charge in [-0.25, -0.2) is 8.42 Å². The minimum atomic E-state index is -3.32. The molecule has 0 aromatic heterocycles. The average Bonchev–Trinajstić information content (AvgIpc) is 3.13. The van der Waals surface area contributed by atoms with Gasteiger partial charge in [-0.1, -0.05) is 18.2 Å². The number of para-hydroxylation sites is 1. The van der Waals surface area contributed by atoms with Gasteiger partial charge in [0, 0.05) is 32.4 Å². The van der Waals surface area contributed by atoms with Gasteiger partial charge < -0.3 is 15.0 Å². The van der Waals surface area contributed by atoms with Crippen LogP contribution in [0.15, 0.2) is 48.5 Å². The summed E-state index contributed by atoms with van der Waals surface area (Å²) in [5.41, 5.74) is 3.22. The summed E-state index contributed by atoms with van der Waals surface area (Å²) in [6.07, 6.45) is 2.44. The molecule has 1 unspecified atom stereocenters. The molecule has 1 heterocycles. The Balaban J connectivity index is 1.42. The average molecular weight is 432 g/mol. The minimum Gasteiger partial charge on any atom is -0.481 e. The van der Waals surface area contributed by atoms with Gasteiger partial charge in [-0.3, -0.25) is 9.10 Å². The number of anilines is 2. The number of nitrogens with zero attached hydrogens (tertiary/aromatic N) is 2. The van der Waals surface area contributed by atoms with E-state index in [1.165, 1.54) is 22.6 Å². The molecule has 0 bridgehead atoms. The SMILES string of the molecule is CC(Oc1ccc(N(C)S(C)(=O)=O)cc1)C(=O)NCCCN1CCc2ccccc21. The zero-order chi connectivity index (χ0) is 21.7. The van der Waals surface area contributed by atoms with Gasteiger partial charge in [0.25, 0.3) is 5.91 Å². The summed E-state index contributed by atoms with van der Waals surface area (Å²) in [5.74, 6) is 0.339. The van der Waals surface area contributed by atoms with Gasteiger partial charge in [0.05, 0.1) is 11.9 Å². The highest BCUT2D eigenvalue weighted by Crippen LogP contribution is 2.27. The maximum atomic E-state index is 12.3. The molecule has 1 aliphatic heterocycles. The number of carbonyl (C=O) groups excluding carboxylic acids is 1. The van der Waals surface area contributed by atoms with Crippen LogP contribution >= 0.6 is 0 Å². The molecule has 2 aromatic rings.